The third-order valence-corrected chi connectivity index (χ3v) is 7.39. The quantitative estimate of drug-likeness (QED) is 0.121. The van der Waals surface area contributed by atoms with Gasteiger partial charge in [0.1, 0.15) is 5.75 Å². The Labute approximate surface area is 252 Å². The molecule has 1 fully saturated rings. The van der Waals surface area contributed by atoms with Crippen LogP contribution in [0.1, 0.15) is 60.2 Å². The minimum atomic E-state index is -2.75. The van der Waals surface area contributed by atoms with Crippen molar-refractivity contribution < 1.29 is 23.4 Å². The van der Waals surface area contributed by atoms with E-state index in [1.54, 1.807) is 29.4 Å². The van der Waals surface area contributed by atoms with Gasteiger partial charge in [-0.2, -0.15) is 5.10 Å². The van der Waals surface area contributed by atoms with Gasteiger partial charge in [0.2, 0.25) is 0 Å². The molecule has 0 unspecified atom stereocenters. The maximum Gasteiger partial charge on any atom is 0.263 e. The summed E-state index contributed by atoms with van der Waals surface area (Å²) in [5, 5.41) is 19.9. The number of nitrogens with two attached hydrogens (primary N) is 2. The Morgan fingerprint density at radius 2 is 1.95 bits per heavy atom. The Morgan fingerprint density at radius 1 is 1.28 bits per heavy atom. The molecule has 0 spiro atoms. The summed E-state index contributed by atoms with van der Waals surface area (Å²) in [5.74, 6) is 6.07. The molecule has 1 aliphatic rings. The number of likely N-dealkylation sites (tertiary alicyclic amines) is 1. The maximum atomic E-state index is 13.9. The highest BCUT2D eigenvalue weighted by atomic mass is 19.3. The zero-order chi connectivity index (χ0) is 31.8. The number of halogens is 2. The van der Waals surface area contributed by atoms with Gasteiger partial charge in [-0.1, -0.05) is 12.6 Å². The topological polar surface area (TPSA) is 133 Å². The number of alkyl halides is 2. The number of hydrazine groups is 1. The first-order valence-corrected chi connectivity index (χ1v) is 14.1. The van der Waals surface area contributed by atoms with Gasteiger partial charge in [-0.15, -0.1) is 0 Å². The molecule has 0 atom stereocenters. The summed E-state index contributed by atoms with van der Waals surface area (Å²) >= 11 is 0. The molecule has 1 heterocycles. The van der Waals surface area contributed by atoms with E-state index in [1.165, 1.54) is 30.5 Å². The average molecular weight is 600 g/mol. The van der Waals surface area contributed by atoms with E-state index in [9.17, 15) is 18.7 Å². The first-order valence-electron chi connectivity index (χ1n) is 14.1. The van der Waals surface area contributed by atoms with Crippen molar-refractivity contribution in [1.29, 1.82) is 0 Å². The zero-order valence-electron chi connectivity index (χ0n) is 25.5. The van der Waals surface area contributed by atoms with Gasteiger partial charge in [0, 0.05) is 61.2 Å². The molecule has 0 bridgehead atoms. The Balaban J connectivity index is 1.86. The number of carbonyl (C=O) groups is 1. The molecule has 1 amide bonds. The SMILES string of the molecule is C=C(/C=N\N(C)C(C)C)/C(N)=C/N(N)c1cc(C(=O)Nc2cc(C(F)F)cc(CN3CCC(O)CC3)c2OC)ccc1C. The minimum absolute atomic E-state index is 0.134. The number of methoxy groups -OCH3 is 1. The highest BCUT2D eigenvalue weighted by Gasteiger charge is 2.23. The monoisotopic (exact) mass is 599 g/mol. The van der Waals surface area contributed by atoms with Gasteiger partial charge in [-0.3, -0.25) is 19.7 Å². The summed E-state index contributed by atoms with van der Waals surface area (Å²) in [4.78, 5) is 15.5. The number of hydrogen-bond acceptors (Lipinski definition) is 9. The lowest BCUT2D eigenvalue weighted by Crippen LogP contribution is -2.35. The Kier molecular flexibility index (Phi) is 11.6. The predicted molar refractivity (Wildman–Crippen MR) is 167 cm³/mol. The fourth-order valence-electron chi connectivity index (χ4n) is 4.50. The van der Waals surface area contributed by atoms with Crippen LogP contribution >= 0.6 is 0 Å². The van der Waals surface area contributed by atoms with Gasteiger partial charge in [0.05, 0.1) is 36.5 Å². The lowest BCUT2D eigenvalue weighted by molar-refractivity contribution is 0.0788. The summed E-state index contributed by atoms with van der Waals surface area (Å²) in [6.07, 6.45) is 1.12. The smallest absolute Gasteiger partial charge is 0.263 e. The van der Waals surface area contributed by atoms with Crippen LogP contribution in [0.25, 0.3) is 0 Å². The van der Waals surface area contributed by atoms with E-state index in [4.69, 9.17) is 16.3 Å². The largest absolute Gasteiger partial charge is 0.494 e. The van der Waals surface area contributed by atoms with Crippen LogP contribution in [-0.2, 0) is 6.54 Å². The normalized spacial score (nSPS) is 14.9. The molecule has 2 aromatic rings. The number of aryl methyl sites for hydroxylation is 1. The summed E-state index contributed by atoms with van der Waals surface area (Å²) in [6, 6.07) is 7.75. The van der Waals surface area contributed by atoms with Crippen molar-refractivity contribution in [2.75, 3.05) is 37.6 Å². The van der Waals surface area contributed by atoms with Gasteiger partial charge in [0.15, 0.2) is 0 Å². The number of anilines is 2. The summed E-state index contributed by atoms with van der Waals surface area (Å²) < 4.78 is 33.3. The molecular weight excluding hydrogens is 556 g/mol. The molecule has 1 saturated heterocycles. The van der Waals surface area contributed by atoms with Crippen molar-refractivity contribution in [3.63, 3.8) is 0 Å². The van der Waals surface area contributed by atoms with Crippen LogP contribution in [0.5, 0.6) is 5.75 Å². The molecule has 0 radical (unpaired) electrons. The van der Waals surface area contributed by atoms with Crippen molar-refractivity contribution in [2.24, 2.45) is 16.7 Å². The van der Waals surface area contributed by atoms with E-state index in [0.29, 0.717) is 55.0 Å². The molecule has 1 aliphatic heterocycles. The lowest BCUT2D eigenvalue weighted by atomic mass is 10.0. The van der Waals surface area contributed by atoms with Gasteiger partial charge in [-0.05, 0) is 63.4 Å². The third kappa shape index (κ3) is 8.99. The fourth-order valence-corrected chi connectivity index (χ4v) is 4.50. The molecule has 43 heavy (non-hydrogen) atoms. The van der Waals surface area contributed by atoms with Crippen molar-refractivity contribution >= 4 is 23.5 Å². The van der Waals surface area contributed by atoms with Crippen molar-refractivity contribution in [2.45, 2.75) is 58.7 Å². The molecule has 6 N–H and O–H groups in total. The van der Waals surface area contributed by atoms with E-state index >= 15 is 0 Å². The van der Waals surface area contributed by atoms with E-state index < -0.39 is 12.3 Å². The molecule has 0 aromatic heterocycles. The number of aliphatic hydroxyl groups is 1. The van der Waals surface area contributed by atoms with E-state index in [1.807, 2.05) is 27.8 Å². The number of carbonyl (C=O) groups excluding carboxylic acids is 1. The Hall–Kier alpha value is -4.00. The van der Waals surface area contributed by atoms with Gasteiger partial charge in [-0.25, -0.2) is 14.6 Å². The Bertz CT molecular complexity index is 1360. The number of hydrogen-bond donors (Lipinski definition) is 4. The predicted octanol–water partition coefficient (Wildman–Crippen LogP) is 4.51. The van der Waals surface area contributed by atoms with Gasteiger partial charge in [0.25, 0.3) is 12.3 Å². The number of nitrogens with one attached hydrogen (secondary N) is 1. The van der Waals surface area contributed by atoms with E-state index in [-0.39, 0.29) is 34.7 Å². The second kappa shape index (κ2) is 14.9. The molecule has 12 heteroatoms. The number of allylic oxidation sites excluding steroid dienone is 1. The standard InChI is InChI=1S/C31H43F2N7O3/c1-19(2)38(5)36-16-21(4)26(34)18-40(35)28-15-22(8-7-20(28)3)31(42)37-27-14-23(30(32)33)13-24(29(27)43-6)17-39-11-9-25(41)10-12-39/h7-8,13-16,18-19,25,30,41H,4,9-12,17,34-35H2,1-3,5-6H3,(H,37,42)/b26-18-,36-16-. The molecule has 2 aromatic carbocycles. The summed E-state index contributed by atoms with van der Waals surface area (Å²) in [7, 11) is 3.27. The van der Waals surface area contributed by atoms with Crippen LogP contribution in [0.2, 0.25) is 0 Å². The first-order chi connectivity index (χ1) is 20.3. The molecule has 3 rings (SSSR count). The fraction of sp³-hybridized carbons (Fsp3) is 0.419. The van der Waals surface area contributed by atoms with Gasteiger partial charge < -0.3 is 20.9 Å². The number of aliphatic hydroxyl groups excluding tert-OH is 1. The van der Waals surface area contributed by atoms with Crippen molar-refractivity contribution in [3.05, 3.63) is 76.6 Å². The minimum Gasteiger partial charge on any atom is -0.494 e. The van der Waals surface area contributed by atoms with Crippen molar-refractivity contribution in [3.8, 4) is 5.75 Å². The third-order valence-electron chi connectivity index (χ3n) is 7.39. The zero-order valence-corrected chi connectivity index (χ0v) is 25.5. The van der Waals surface area contributed by atoms with Crippen LogP contribution < -0.4 is 26.6 Å². The van der Waals surface area contributed by atoms with Crippen LogP contribution in [0.4, 0.5) is 20.2 Å². The van der Waals surface area contributed by atoms with Crippen LogP contribution in [0.15, 0.2) is 59.5 Å². The van der Waals surface area contributed by atoms with Crippen LogP contribution in [-0.4, -0.2) is 66.5 Å². The molecule has 10 nitrogen and oxygen atoms in total. The molecule has 0 aliphatic carbocycles. The van der Waals surface area contributed by atoms with E-state index in [0.717, 1.165) is 5.56 Å². The van der Waals surface area contributed by atoms with Crippen LogP contribution in [0.3, 0.4) is 0 Å². The highest BCUT2D eigenvalue weighted by Crippen LogP contribution is 2.36. The Morgan fingerprint density at radius 3 is 2.56 bits per heavy atom. The summed E-state index contributed by atoms with van der Waals surface area (Å²) in [5.41, 5.74) is 8.87. The number of amides is 1. The molecule has 234 valence electrons. The number of hydrazone groups is 1. The highest BCUT2D eigenvalue weighted by molar-refractivity contribution is 6.06. The van der Waals surface area contributed by atoms with Crippen molar-refractivity contribution in [1.82, 2.24) is 9.91 Å². The average Bonchev–Trinajstić information content (AvgIpc) is 2.96. The second-order valence-electron chi connectivity index (χ2n) is 11.0. The summed E-state index contributed by atoms with van der Waals surface area (Å²) in [6.45, 7) is 11.4. The van der Waals surface area contributed by atoms with Crippen LogP contribution in [0, 0.1) is 6.92 Å². The number of benzene rings is 2. The number of piperidine rings is 1. The molecule has 0 saturated carbocycles. The number of ether oxygens (including phenoxy) is 1. The molecular formula is C31H43F2N7O3. The number of nitrogens with zero attached hydrogens (tertiary/aromatic N) is 4. The lowest BCUT2D eigenvalue weighted by Gasteiger charge is -2.30. The first kappa shape index (κ1) is 33.5. The van der Waals surface area contributed by atoms with Gasteiger partial charge >= 0.3 is 0 Å². The van der Waals surface area contributed by atoms with E-state index in [2.05, 4.69) is 21.9 Å². The number of rotatable bonds is 12. The maximum absolute atomic E-state index is 13.9. The second-order valence-corrected chi connectivity index (χ2v) is 11.0.